The second-order valence-corrected chi connectivity index (χ2v) is 7.82. The third-order valence-corrected chi connectivity index (χ3v) is 5.27. The third kappa shape index (κ3) is 5.55. The Hall–Kier alpha value is -3.61. The fraction of sp³-hybridized carbons (Fsp3) is 0.320. The van der Waals surface area contributed by atoms with Gasteiger partial charge in [0.25, 0.3) is 5.91 Å². The Morgan fingerprint density at radius 1 is 1.09 bits per heavy atom. The van der Waals surface area contributed by atoms with Gasteiger partial charge < -0.3 is 10.1 Å². The van der Waals surface area contributed by atoms with Crippen LogP contribution in [0, 0.1) is 27.7 Å². The minimum absolute atomic E-state index is 0.219. The van der Waals surface area contributed by atoms with Gasteiger partial charge in [-0.3, -0.25) is 14.8 Å². The van der Waals surface area contributed by atoms with Crippen molar-refractivity contribution in [2.45, 2.75) is 47.7 Å². The highest BCUT2D eigenvalue weighted by Crippen LogP contribution is 2.18. The molecule has 0 saturated heterocycles. The summed E-state index contributed by atoms with van der Waals surface area (Å²) < 4.78 is 7.27. The van der Waals surface area contributed by atoms with Crippen LogP contribution in [-0.2, 0) is 13.1 Å². The lowest BCUT2D eigenvalue weighted by atomic mass is 10.1. The van der Waals surface area contributed by atoms with E-state index >= 15 is 0 Å². The van der Waals surface area contributed by atoms with Crippen molar-refractivity contribution in [3.63, 3.8) is 0 Å². The van der Waals surface area contributed by atoms with E-state index in [9.17, 15) is 4.79 Å². The van der Waals surface area contributed by atoms with Crippen LogP contribution in [0.15, 0.2) is 47.5 Å². The van der Waals surface area contributed by atoms with Crippen LogP contribution >= 0.6 is 0 Å². The number of benzene rings is 2. The lowest BCUT2D eigenvalue weighted by molar-refractivity contribution is 0.0976. The molecule has 7 heteroatoms. The zero-order valence-electron chi connectivity index (χ0n) is 19.6. The van der Waals surface area contributed by atoms with E-state index in [1.54, 1.807) is 7.11 Å². The van der Waals surface area contributed by atoms with E-state index in [0.717, 1.165) is 40.3 Å². The molecule has 0 saturated carbocycles. The number of nitrogens with one attached hydrogen (secondary N) is 2. The summed E-state index contributed by atoms with van der Waals surface area (Å²) in [5, 5.41) is 10.7. The second-order valence-electron chi connectivity index (χ2n) is 7.82. The van der Waals surface area contributed by atoms with Crippen LogP contribution in [0.5, 0.6) is 5.75 Å². The molecule has 0 radical (unpaired) electrons. The van der Waals surface area contributed by atoms with E-state index in [0.29, 0.717) is 23.8 Å². The Kier molecular flexibility index (Phi) is 7.30. The number of nitrogens with zero attached hydrogens (tertiary/aromatic N) is 3. The number of hydrogen-bond donors (Lipinski definition) is 2. The molecule has 0 fully saturated rings. The molecule has 0 aliphatic carbocycles. The van der Waals surface area contributed by atoms with Crippen LogP contribution < -0.4 is 15.4 Å². The molecule has 168 valence electrons. The van der Waals surface area contributed by atoms with Crippen molar-refractivity contribution >= 4 is 17.6 Å². The summed E-state index contributed by atoms with van der Waals surface area (Å²) in [4.78, 5) is 17.7. The number of carbonyl (C=O) groups is 1. The number of ether oxygens (including phenoxy) is 1. The van der Waals surface area contributed by atoms with Gasteiger partial charge in [0.1, 0.15) is 5.75 Å². The first kappa shape index (κ1) is 23.1. The Morgan fingerprint density at radius 3 is 2.44 bits per heavy atom. The van der Waals surface area contributed by atoms with Crippen molar-refractivity contribution in [3.8, 4) is 5.75 Å². The summed E-state index contributed by atoms with van der Waals surface area (Å²) in [6.45, 7) is 11.2. The highest BCUT2D eigenvalue weighted by atomic mass is 16.5. The molecule has 0 atom stereocenters. The Morgan fingerprint density at radius 2 is 1.81 bits per heavy atom. The maximum absolute atomic E-state index is 13.0. The fourth-order valence-electron chi connectivity index (χ4n) is 3.66. The monoisotopic (exact) mass is 433 g/mol. The summed E-state index contributed by atoms with van der Waals surface area (Å²) in [5.74, 6) is 0.861. The van der Waals surface area contributed by atoms with Crippen LogP contribution in [0.25, 0.3) is 0 Å². The predicted octanol–water partition coefficient (Wildman–Crippen LogP) is 4.54. The number of aromatic nitrogens is 2. The van der Waals surface area contributed by atoms with Gasteiger partial charge in [-0.2, -0.15) is 5.10 Å². The number of guanidine groups is 1. The summed E-state index contributed by atoms with van der Waals surface area (Å²) >= 11 is 0. The van der Waals surface area contributed by atoms with Gasteiger partial charge in [0.05, 0.1) is 19.3 Å². The molecule has 0 spiro atoms. The van der Waals surface area contributed by atoms with Gasteiger partial charge in [-0.15, -0.1) is 0 Å². The van der Waals surface area contributed by atoms with Crippen molar-refractivity contribution in [2.24, 2.45) is 4.99 Å². The molecule has 3 aromatic rings. The maximum Gasteiger partial charge on any atom is 0.257 e. The Labute approximate surface area is 189 Å². The van der Waals surface area contributed by atoms with Crippen molar-refractivity contribution < 1.29 is 9.53 Å². The molecule has 3 rings (SSSR count). The topological polar surface area (TPSA) is 80.5 Å². The van der Waals surface area contributed by atoms with Gasteiger partial charge in [-0.05, 0) is 58.9 Å². The average molecular weight is 434 g/mol. The predicted molar refractivity (Wildman–Crippen MR) is 129 cm³/mol. The van der Waals surface area contributed by atoms with Crippen LogP contribution in [0.4, 0.5) is 5.69 Å². The molecule has 0 bridgehead atoms. The fourth-order valence-corrected chi connectivity index (χ4v) is 3.66. The smallest absolute Gasteiger partial charge is 0.257 e. The molecule has 2 N–H and O–H groups in total. The summed E-state index contributed by atoms with van der Waals surface area (Å²) in [6, 6.07) is 13.3. The van der Waals surface area contributed by atoms with E-state index in [1.807, 2.05) is 74.8 Å². The number of aryl methyl sites for hydroxylation is 4. The summed E-state index contributed by atoms with van der Waals surface area (Å²) in [5.41, 5.74) is 6.50. The van der Waals surface area contributed by atoms with E-state index < -0.39 is 0 Å². The van der Waals surface area contributed by atoms with Crippen molar-refractivity contribution in [1.82, 2.24) is 15.1 Å². The van der Waals surface area contributed by atoms with Crippen molar-refractivity contribution in [1.29, 1.82) is 0 Å². The second kappa shape index (κ2) is 10.1. The van der Waals surface area contributed by atoms with E-state index in [2.05, 4.69) is 22.7 Å². The lowest BCUT2D eigenvalue weighted by Gasteiger charge is -2.13. The highest BCUT2D eigenvalue weighted by molar-refractivity contribution is 6.10. The van der Waals surface area contributed by atoms with E-state index in [1.165, 1.54) is 0 Å². The molecule has 0 aliphatic heterocycles. The molecule has 1 amide bonds. The zero-order valence-corrected chi connectivity index (χ0v) is 19.6. The SMILES string of the molecule is CCn1nc(C)c(CN=C(NC(=O)c2cc(C)cc(C)c2)Nc2cccc(OC)c2)c1C. The van der Waals surface area contributed by atoms with Gasteiger partial charge in [0.2, 0.25) is 5.96 Å². The number of rotatable bonds is 6. The maximum atomic E-state index is 13.0. The molecule has 1 aromatic heterocycles. The van der Waals surface area contributed by atoms with Gasteiger partial charge in [0, 0.05) is 35.1 Å². The number of hydrogen-bond acceptors (Lipinski definition) is 4. The number of methoxy groups -OCH3 is 1. The van der Waals surface area contributed by atoms with Gasteiger partial charge >= 0.3 is 0 Å². The summed E-state index contributed by atoms with van der Waals surface area (Å²) in [6.07, 6.45) is 0. The van der Waals surface area contributed by atoms with E-state index in [-0.39, 0.29) is 5.91 Å². The molecule has 7 nitrogen and oxygen atoms in total. The number of anilines is 1. The minimum Gasteiger partial charge on any atom is -0.497 e. The van der Waals surface area contributed by atoms with Crippen LogP contribution in [0.2, 0.25) is 0 Å². The number of amides is 1. The van der Waals surface area contributed by atoms with Crippen LogP contribution in [-0.4, -0.2) is 28.8 Å². The zero-order chi connectivity index (χ0) is 23.3. The minimum atomic E-state index is -0.219. The van der Waals surface area contributed by atoms with E-state index in [4.69, 9.17) is 9.73 Å². The first-order chi connectivity index (χ1) is 15.3. The average Bonchev–Trinajstić information content (AvgIpc) is 3.04. The Bertz CT molecular complexity index is 1130. The lowest BCUT2D eigenvalue weighted by Crippen LogP contribution is -2.36. The number of aliphatic imine (C=N–C) groups is 1. The number of carbonyl (C=O) groups excluding carboxylic acids is 1. The highest BCUT2D eigenvalue weighted by Gasteiger charge is 2.13. The molecular formula is C25H31N5O2. The molecule has 2 aromatic carbocycles. The first-order valence-electron chi connectivity index (χ1n) is 10.7. The van der Waals surface area contributed by atoms with Crippen LogP contribution in [0.3, 0.4) is 0 Å². The molecule has 0 unspecified atom stereocenters. The molecule has 0 aliphatic rings. The van der Waals surface area contributed by atoms with Crippen molar-refractivity contribution in [3.05, 3.63) is 76.1 Å². The first-order valence-corrected chi connectivity index (χ1v) is 10.7. The molecule has 32 heavy (non-hydrogen) atoms. The van der Waals surface area contributed by atoms with Gasteiger partial charge in [-0.25, -0.2) is 4.99 Å². The third-order valence-electron chi connectivity index (χ3n) is 5.27. The quantitative estimate of drug-likeness (QED) is 0.442. The normalized spacial score (nSPS) is 11.4. The summed E-state index contributed by atoms with van der Waals surface area (Å²) in [7, 11) is 1.62. The largest absolute Gasteiger partial charge is 0.497 e. The van der Waals surface area contributed by atoms with Gasteiger partial charge in [0.15, 0.2) is 0 Å². The van der Waals surface area contributed by atoms with Crippen LogP contribution in [0.1, 0.15) is 45.4 Å². The molecule has 1 heterocycles. The Balaban J connectivity index is 1.90. The van der Waals surface area contributed by atoms with Crippen molar-refractivity contribution in [2.75, 3.05) is 12.4 Å². The molecular weight excluding hydrogens is 402 g/mol. The standard InChI is InChI=1S/C25H31N5O2/c1-7-30-19(5)23(18(4)29-30)15-26-25(27-21-9-8-10-22(14-21)32-6)28-24(31)20-12-16(2)11-17(3)13-20/h8-14H,7,15H2,1-6H3,(H2,26,27,28,31). The van der Waals surface area contributed by atoms with Gasteiger partial charge in [-0.1, -0.05) is 23.3 Å².